The molecular formula is C12H14N4OS. The minimum atomic E-state index is -0.205. The summed E-state index contributed by atoms with van der Waals surface area (Å²) in [5.74, 6) is -0.0177. The van der Waals surface area contributed by atoms with Gasteiger partial charge >= 0.3 is 0 Å². The van der Waals surface area contributed by atoms with Gasteiger partial charge in [-0.3, -0.25) is 9.78 Å². The lowest BCUT2D eigenvalue weighted by molar-refractivity contribution is 0.0952. The minimum Gasteiger partial charge on any atom is -0.398 e. The van der Waals surface area contributed by atoms with Gasteiger partial charge in [-0.2, -0.15) is 0 Å². The number of carbonyl (C=O) groups is 1. The molecule has 0 spiro atoms. The molecule has 3 N–H and O–H groups in total. The van der Waals surface area contributed by atoms with Crippen LogP contribution in [0.1, 0.15) is 28.2 Å². The minimum absolute atomic E-state index is 0.187. The molecule has 0 aliphatic heterocycles. The van der Waals surface area contributed by atoms with Gasteiger partial charge in [-0.15, -0.1) is 11.3 Å². The summed E-state index contributed by atoms with van der Waals surface area (Å²) in [7, 11) is 0. The highest BCUT2D eigenvalue weighted by Gasteiger charge is 2.13. The number of nitrogens with zero attached hydrogens (tertiary/aromatic N) is 2. The Morgan fingerprint density at radius 1 is 1.56 bits per heavy atom. The van der Waals surface area contributed by atoms with Gasteiger partial charge in [-0.05, 0) is 6.07 Å². The molecular weight excluding hydrogens is 248 g/mol. The Hall–Kier alpha value is -1.95. The largest absolute Gasteiger partial charge is 0.398 e. The van der Waals surface area contributed by atoms with Gasteiger partial charge in [0, 0.05) is 42.1 Å². The summed E-state index contributed by atoms with van der Waals surface area (Å²) in [4.78, 5) is 20.0. The van der Waals surface area contributed by atoms with Crippen LogP contribution in [0.2, 0.25) is 0 Å². The van der Waals surface area contributed by atoms with Gasteiger partial charge in [0.1, 0.15) is 0 Å². The molecule has 0 fully saturated rings. The van der Waals surface area contributed by atoms with E-state index in [1.54, 1.807) is 29.8 Å². The van der Waals surface area contributed by atoms with Crippen LogP contribution in [0.15, 0.2) is 30.0 Å². The normalized spacial score (nSPS) is 12.1. The van der Waals surface area contributed by atoms with Crippen molar-refractivity contribution >= 4 is 22.9 Å². The zero-order valence-corrected chi connectivity index (χ0v) is 10.8. The van der Waals surface area contributed by atoms with Crippen molar-refractivity contribution in [1.82, 2.24) is 15.3 Å². The second kappa shape index (κ2) is 5.59. The predicted octanol–water partition coefficient (Wildman–Crippen LogP) is 1.65. The first-order chi connectivity index (χ1) is 8.68. The first kappa shape index (κ1) is 12.5. The number of carbonyl (C=O) groups excluding carboxylic acids is 1. The quantitative estimate of drug-likeness (QED) is 0.878. The number of hydrogen-bond acceptors (Lipinski definition) is 5. The van der Waals surface area contributed by atoms with E-state index in [-0.39, 0.29) is 11.8 Å². The highest BCUT2D eigenvalue weighted by atomic mass is 32.1. The Bertz CT molecular complexity index is 527. The molecule has 0 aliphatic rings. The Morgan fingerprint density at radius 3 is 3.06 bits per heavy atom. The smallest absolute Gasteiger partial charge is 0.254 e. The molecule has 1 atom stereocenters. The van der Waals surface area contributed by atoms with Crippen molar-refractivity contribution < 1.29 is 4.79 Å². The number of pyridine rings is 1. The van der Waals surface area contributed by atoms with E-state index >= 15 is 0 Å². The van der Waals surface area contributed by atoms with Crippen molar-refractivity contribution in [1.29, 1.82) is 0 Å². The van der Waals surface area contributed by atoms with Crippen LogP contribution in [-0.2, 0) is 0 Å². The summed E-state index contributed by atoms with van der Waals surface area (Å²) in [5, 5.41) is 5.77. The van der Waals surface area contributed by atoms with Crippen LogP contribution in [0.3, 0.4) is 0 Å². The van der Waals surface area contributed by atoms with E-state index in [1.807, 2.05) is 12.3 Å². The number of nitrogen functional groups attached to an aromatic ring is 1. The van der Waals surface area contributed by atoms with E-state index in [9.17, 15) is 4.79 Å². The van der Waals surface area contributed by atoms with Crippen molar-refractivity contribution in [3.05, 3.63) is 40.6 Å². The topological polar surface area (TPSA) is 80.9 Å². The van der Waals surface area contributed by atoms with Crippen LogP contribution in [0.25, 0.3) is 0 Å². The average molecular weight is 262 g/mol. The number of hydrogen-bond donors (Lipinski definition) is 2. The van der Waals surface area contributed by atoms with E-state index in [0.717, 1.165) is 5.01 Å². The molecule has 1 unspecified atom stereocenters. The van der Waals surface area contributed by atoms with E-state index in [4.69, 9.17) is 5.73 Å². The van der Waals surface area contributed by atoms with Crippen molar-refractivity contribution in [2.24, 2.45) is 0 Å². The molecule has 2 rings (SSSR count). The average Bonchev–Trinajstić information content (AvgIpc) is 2.90. The summed E-state index contributed by atoms with van der Waals surface area (Å²) < 4.78 is 0. The van der Waals surface area contributed by atoms with Crippen LogP contribution >= 0.6 is 11.3 Å². The van der Waals surface area contributed by atoms with Crippen molar-refractivity contribution in [2.75, 3.05) is 12.3 Å². The molecule has 2 heterocycles. The first-order valence-corrected chi connectivity index (χ1v) is 6.43. The molecule has 2 aromatic rings. The lowest BCUT2D eigenvalue weighted by Crippen LogP contribution is -2.28. The molecule has 0 aliphatic carbocycles. The highest BCUT2D eigenvalue weighted by Crippen LogP contribution is 2.16. The molecule has 0 saturated heterocycles. The number of nitrogens with two attached hydrogens (primary N) is 1. The summed E-state index contributed by atoms with van der Waals surface area (Å²) in [5.41, 5.74) is 6.55. The molecule has 0 radical (unpaired) electrons. The Labute approximate surface area is 109 Å². The number of aromatic nitrogens is 2. The Balaban J connectivity index is 1.95. The zero-order chi connectivity index (χ0) is 13.0. The summed E-state index contributed by atoms with van der Waals surface area (Å²) in [6.45, 7) is 2.55. The van der Waals surface area contributed by atoms with E-state index < -0.39 is 0 Å². The Kier molecular flexibility index (Phi) is 3.88. The molecule has 1 amide bonds. The van der Waals surface area contributed by atoms with Gasteiger partial charge in [-0.1, -0.05) is 6.92 Å². The van der Waals surface area contributed by atoms with E-state index in [1.165, 1.54) is 6.20 Å². The lowest BCUT2D eigenvalue weighted by Gasteiger charge is -2.10. The number of amides is 1. The number of rotatable bonds is 4. The maximum absolute atomic E-state index is 11.9. The molecule has 2 aromatic heterocycles. The van der Waals surface area contributed by atoms with Gasteiger partial charge in [-0.25, -0.2) is 4.98 Å². The highest BCUT2D eigenvalue weighted by molar-refractivity contribution is 7.09. The van der Waals surface area contributed by atoms with Gasteiger partial charge in [0.25, 0.3) is 5.91 Å². The van der Waals surface area contributed by atoms with Crippen molar-refractivity contribution in [2.45, 2.75) is 12.8 Å². The third kappa shape index (κ3) is 2.84. The molecule has 6 heteroatoms. The SMILES string of the molecule is CC(CNC(=O)c1cnccc1N)c1nccs1. The van der Waals surface area contributed by atoms with Crippen LogP contribution in [0, 0.1) is 0 Å². The Morgan fingerprint density at radius 2 is 2.39 bits per heavy atom. The summed E-state index contributed by atoms with van der Waals surface area (Å²) in [6, 6.07) is 1.61. The third-order valence-corrected chi connectivity index (χ3v) is 3.55. The molecule has 5 nitrogen and oxygen atoms in total. The molecule has 0 bridgehead atoms. The molecule has 94 valence electrons. The first-order valence-electron chi connectivity index (χ1n) is 5.55. The number of thiazole rings is 1. The van der Waals surface area contributed by atoms with Gasteiger partial charge in [0.05, 0.1) is 10.6 Å². The fourth-order valence-electron chi connectivity index (χ4n) is 1.50. The molecule has 0 saturated carbocycles. The maximum Gasteiger partial charge on any atom is 0.254 e. The molecule has 0 aromatic carbocycles. The third-order valence-electron chi connectivity index (χ3n) is 2.54. The van der Waals surface area contributed by atoms with Gasteiger partial charge < -0.3 is 11.1 Å². The van der Waals surface area contributed by atoms with Gasteiger partial charge in [0.2, 0.25) is 0 Å². The zero-order valence-electron chi connectivity index (χ0n) is 9.96. The lowest BCUT2D eigenvalue weighted by atomic mass is 10.2. The predicted molar refractivity (Wildman–Crippen MR) is 71.5 cm³/mol. The number of nitrogens with one attached hydrogen (secondary N) is 1. The van der Waals surface area contributed by atoms with Crippen LogP contribution < -0.4 is 11.1 Å². The van der Waals surface area contributed by atoms with Crippen LogP contribution in [0.4, 0.5) is 5.69 Å². The van der Waals surface area contributed by atoms with E-state index in [0.29, 0.717) is 17.8 Å². The fourth-order valence-corrected chi connectivity index (χ4v) is 2.20. The second-order valence-corrected chi connectivity index (χ2v) is 4.87. The standard InChI is InChI=1S/C12H14N4OS/c1-8(12-15-4-5-18-12)6-16-11(17)9-7-14-3-2-10(9)13/h2-5,7-8H,6H2,1H3,(H2,13,14)(H,16,17). The maximum atomic E-state index is 11.9. The summed E-state index contributed by atoms with van der Waals surface area (Å²) >= 11 is 1.58. The van der Waals surface area contributed by atoms with Crippen LogP contribution in [0.5, 0.6) is 0 Å². The fraction of sp³-hybridized carbons (Fsp3) is 0.250. The van der Waals surface area contributed by atoms with Crippen molar-refractivity contribution in [3.63, 3.8) is 0 Å². The second-order valence-electron chi connectivity index (χ2n) is 3.94. The van der Waals surface area contributed by atoms with Crippen LogP contribution in [-0.4, -0.2) is 22.4 Å². The monoisotopic (exact) mass is 262 g/mol. The van der Waals surface area contributed by atoms with E-state index in [2.05, 4.69) is 15.3 Å². The van der Waals surface area contributed by atoms with Gasteiger partial charge in [0.15, 0.2) is 0 Å². The molecule has 18 heavy (non-hydrogen) atoms. The van der Waals surface area contributed by atoms with Crippen molar-refractivity contribution in [3.8, 4) is 0 Å². The number of anilines is 1. The summed E-state index contributed by atoms with van der Waals surface area (Å²) in [6.07, 6.45) is 4.79.